The molecule has 520 valence electrons. The van der Waals surface area contributed by atoms with Gasteiger partial charge in [0.15, 0.2) is 10.8 Å². The molecule has 7 aromatic rings. The number of carboxylic acid groups (broad SMARTS) is 1. The molecule has 5 heterocycles. The van der Waals surface area contributed by atoms with Gasteiger partial charge in [-0.2, -0.15) is 5.10 Å². The number of carbonyl (C=O) groups excluding carboxylic acids is 8. The van der Waals surface area contributed by atoms with Crippen molar-refractivity contribution in [3.05, 3.63) is 132 Å². The molecule has 4 aromatic heterocycles. The van der Waals surface area contributed by atoms with E-state index in [1.54, 1.807) is 69.7 Å². The van der Waals surface area contributed by atoms with Gasteiger partial charge in [0.05, 0.1) is 40.4 Å². The number of urea groups is 1. The number of ether oxygens (including phenoxy) is 2. The van der Waals surface area contributed by atoms with E-state index in [-0.39, 0.29) is 103 Å². The Balaban J connectivity index is 0.679. The summed E-state index contributed by atoms with van der Waals surface area (Å²) in [6, 6.07) is 20.7. The monoisotopic (exact) mass is 1370 g/mol. The van der Waals surface area contributed by atoms with Crippen LogP contribution in [0, 0.1) is 35.0 Å². The molecule has 3 fully saturated rings. The standard InChI is InChI=1S/C73H85N13O12S/c1-43(2)62(82-59(87)16-8-7-11-30-85-60(88)25-26-61(85)89)66(92)80-56(14-12-29-76-68(74)95)65(91)78-48-21-17-45(18-22-48)38-98-70(96)84(6)31-32-97-57-34-72(5)39-71(4)28-27-53(57)73(40-71,41-72)42-86-44(3)51(37-77-86)49-23-24-54(79-63(49)67(93)94)46-19-20-47-35-75-36-52(50(47)33-46)64(90)83-69-81-55-13-9-10-15-58(55)99-69/h9-10,13,15,17-26,33,35-37,43,53,56-57,62H,7-8,11-12,14,16,27-32,34,38-42H2,1-6H3,(H,78,91)(H,80,92)(H,82,87)(H,93,94)(H3,74,76,95)(H,81,83,90)/t53?,56-,57?,62-,71?,72?,73?/m0/s1. The number of hydrogen-bond acceptors (Lipinski definition) is 16. The number of aromatic nitrogens is 5. The van der Waals surface area contributed by atoms with Crippen LogP contribution in [-0.4, -0.2) is 145 Å². The normalized spacial score (nSPS) is 20.6. The third kappa shape index (κ3) is 16.5. The number of thiazole rings is 1. The fourth-order valence-corrected chi connectivity index (χ4v) is 16.4. The van der Waals surface area contributed by atoms with E-state index in [4.69, 9.17) is 25.3 Å². The number of nitrogens with two attached hydrogens (primary N) is 1. The highest BCUT2D eigenvalue weighted by atomic mass is 32.1. The van der Waals surface area contributed by atoms with Crippen molar-refractivity contribution in [1.82, 2.24) is 50.5 Å². The van der Waals surface area contributed by atoms with Crippen LogP contribution in [-0.2, 0) is 46.6 Å². The number of amides is 9. The van der Waals surface area contributed by atoms with Crippen molar-refractivity contribution in [1.29, 1.82) is 0 Å². The Labute approximate surface area is 577 Å². The molecule has 8 N–H and O–H groups in total. The van der Waals surface area contributed by atoms with Gasteiger partial charge in [-0.3, -0.25) is 48.6 Å². The van der Waals surface area contributed by atoms with Gasteiger partial charge in [0.25, 0.3) is 17.7 Å². The number of carboxylic acids is 1. The Bertz CT molecular complexity index is 4230. The minimum atomic E-state index is -1.19. The largest absolute Gasteiger partial charge is 0.476 e. The van der Waals surface area contributed by atoms with Gasteiger partial charge in [0.1, 0.15) is 18.7 Å². The maximum Gasteiger partial charge on any atom is 0.409 e. The fraction of sp³-hybridized carbons (Fsp3) is 0.438. The number of carbonyl (C=O) groups is 9. The number of nitrogens with zero attached hydrogens (tertiary/aromatic N) is 7. The van der Waals surface area contributed by atoms with Crippen LogP contribution in [0.15, 0.2) is 110 Å². The van der Waals surface area contributed by atoms with E-state index >= 15 is 0 Å². The summed E-state index contributed by atoms with van der Waals surface area (Å²) in [5.41, 5.74) is 10.3. The van der Waals surface area contributed by atoms with Gasteiger partial charge in [-0.25, -0.2) is 24.4 Å². The van der Waals surface area contributed by atoms with Gasteiger partial charge in [-0.1, -0.05) is 81.9 Å². The predicted molar refractivity (Wildman–Crippen MR) is 373 cm³/mol. The number of imide groups is 1. The Kier molecular flexibility index (Phi) is 21.3. The van der Waals surface area contributed by atoms with Crippen LogP contribution < -0.4 is 32.3 Å². The van der Waals surface area contributed by atoms with Crippen molar-refractivity contribution in [3.63, 3.8) is 0 Å². The number of rotatable bonds is 29. The third-order valence-corrected chi connectivity index (χ3v) is 20.8. The van der Waals surface area contributed by atoms with E-state index < -0.39 is 42.0 Å². The SMILES string of the molecule is Cc1c(-c2ccc(-c3ccc4cncc(C(=O)Nc5nc6ccccc6s5)c4c3)nc2C(=O)O)cnn1CC12CC3(C)CCC1C(OCCN(C)C(=O)OCc1ccc(NC(=O)[C@H](CCCNC(N)=O)NC(=O)[C@@H](NC(=O)CCCCCN4C(=O)C=CC4=O)C(C)C)cc1)CC(C)(C3)C2. The number of primary amides is 1. The first-order chi connectivity index (χ1) is 47.4. The number of likely N-dealkylation sites (N-methyl/N-ethyl adjacent to an activating group) is 1. The lowest BCUT2D eigenvalue weighted by atomic mass is 9.40. The number of aromatic carboxylic acids is 1. The van der Waals surface area contributed by atoms with Gasteiger partial charge >= 0.3 is 18.1 Å². The first-order valence-electron chi connectivity index (χ1n) is 33.7. The lowest BCUT2D eigenvalue weighted by molar-refractivity contribution is -0.203. The second-order valence-electron chi connectivity index (χ2n) is 28.0. The number of fused-ring (bicyclic) bond motifs is 4. The first kappa shape index (κ1) is 70.4. The molecule has 9 amide bonds. The smallest absolute Gasteiger partial charge is 0.409 e. The quantitative estimate of drug-likeness (QED) is 0.0169. The van der Waals surface area contributed by atoms with Crippen molar-refractivity contribution < 1.29 is 57.7 Å². The summed E-state index contributed by atoms with van der Waals surface area (Å²) in [5, 5.41) is 31.4. The van der Waals surface area contributed by atoms with Gasteiger partial charge in [-0.05, 0) is 153 Å². The molecule has 11 rings (SSSR count). The highest BCUT2D eigenvalue weighted by molar-refractivity contribution is 7.22. The molecule has 0 saturated heterocycles. The summed E-state index contributed by atoms with van der Waals surface area (Å²) in [6.45, 7) is 11.9. The van der Waals surface area contributed by atoms with Crippen LogP contribution in [0.2, 0.25) is 0 Å². The van der Waals surface area contributed by atoms with E-state index in [0.29, 0.717) is 88.6 Å². The second-order valence-corrected chi connectivity index (χ2v) is 29.0. The second kappa shape index (κ2) is 30.0. The van der Waals surface area contributed by atoms with Gasteiger partial charge < -0.3 is 46.5 Å². The molecule has 25 nitrogen and oxygen atoms in total. The molecule has 3 aromatic carbocycles. The van der Waals surface area contributed by atoms with Crippen LogP contribution in [0.25, 0.3) is 43.4 Å². The molecule has 99 heavy (non-hydrogen) atoms. The van der Waals surface area contributed by atoms with Gasteiger partial charge in [0, 0.05) is 97.7 Å². The number of unbranched alkanes of at least 4 members (excludes halogenated alkanes) is 2. The zero-order chi connectivity index (χ0) is 70.3. The van der Waals surface area contributed by atoms with E-state index in [1.807, 2.05) is 54.1 Å². The Morgan fingerprint density at radius 1 is 0.838 bits per heavy atom. The lowest BCUT2D eigenvalue weighted by Crippen LogP contribution is -2.61. The zero-order valence-electron chi connectivity index (χ0n) is 56.6. The Morgan fingerprint density at radius 2 is 1.61 bits per heavy atom. The van der Waals surface area contributed by atoms with Crippen LogP contribution in [0.3, 0.4) is 0 Å². The minimum absolute atomic E-state index is 0.0107. The van der Waals surface area contributed by atoms with E-state index in [2.05, 4.69) is 50.4 Å². The molecule has 7 atom stereocenters. The summed E-state index contributed by atoms with van der Waals surface area (Å²) < 4.78 is 15.6. The van der Waals surface area contributed by atoms with Crippen LogP contribution >= 0.6 is 11.3 Å². The van der Waals surface area contributed by atoms with Crippen molar-refractivity contribution >= 4 is 96.7 Å². The van der Waals surface area contributed by atoms with Gasteiger partial charge in [0.2, 0.25) is 17.7 Å². The number of nitrogens with one attached hydrogen (secondary N) is 5. The van der Waals surface area contributed by atoms with Crippen molar-refractivity contribution in [2.75, 3.05) is 43.9 Å². The average Bonchev–Trinajstić information content (AvgIpc) is 1.56. The molecule has 3 aliphatic carbocycles. The lowest BCUT2D eigenvalue weighted by Gasteiger charge is -2.66. The topological polar surface area (TPSA) is 341 Å². The van der Waals surface area contributed by atoms with Crippen molar-refractivity contribution in [3.8, 4) is 22.4 Å². The number of anilines is 2. The van der Waals surface area contributed by atoms with E-state index in [1.165, 1.54) is 34.6 Å². The first-order valence-corrected chi connectivity index (χ1v) is 34.6. The highest BCUT2D eigenvalue weighted by Crippen LogP contribution is 2.69. The molecule has 3 saturated carbocycles. The molecular weight excluding hydrogens is 1280 g/mol. The molecule has 1 aliphatic heterocycles. The summed E-state index contributed by atoms with van der Waals surface area (Å²) in [6.07, 6.45) is 14.9. The minimum Gasteiger partial charge on any atom is -0.476 e. The predicted octanol–water partition coefficient (Wildman–Crippen LogP) is 10.2. The number of para-hydroxylation sites is 1. The van der Waals surface area contributed by atoms with E-state index in [0.717, 1.165) is 64.7 Å². The fourth-order valence-electron chi connectivity index (χ4n) is 15.5. The molecule has 0 spiro atoms. The summed E-state index contributed by atoms with van der Waals surface area (Å²) in [7, 11) is 1.67. The number of pyridine rings is 2. The highest BCUT2D eigenvalue weighted by Gasteiger charge is 2.63. The summed E-state index contributed by atoms with van der Waals surface area (Å²) in [4.78, 5) is 132. The third-order valence-electron chi connectivity index (χ3n) is 19.9. The molecule has 26 heteroatoms. The van der Waals surface area contributed by atoms with Gasteiger partial charge in [-0.15, -0.1) is 0 Å². The number of benzene rings is 3. The number of hydrogen-bond donors (Lipinski definition) is 7. The molecular formula is C73H85N13O12S. The summed E-state index contributed by atoms with van der Waals surface area (Å²) >= 11 is 1.38. The van der Waals surface area contributed by atoms with Crippen LogP contribution in [0.5, 0.6) is 0 Å². The summed E-state index contributed by atoms with van der Waals surface area (Å²) in [5.74, 6) is -3.89. The van der Waals surface area contributed by atoms with E-state index in [9.17, 15) is 48.3 Å². The maximum atomic E-state index is 13.8. The molecule has 3 bridgehead atoms. The van der Waals surface area contributed by atoms with Crippen molar-refractivity contribution in [2.24, 2.45) is 33.8 Å². The average molecular weight is 1370 g/mol. The van der Waals surface area contributed by atoms with Crippen molar-refractivity contribution in [2.45, 2.75) is 143 Å². The Morgan fingerprint density at radius 3 is 2.35 bits per heavy atom. The van der Waals surface area contributed by atoms with Crippen LogP contribution in [0.4, 0.5) is 20.4 Å². The molecule has 0 radical (unpaired) electrons. The zero-order valence-corrected chi connectivity index (χ0v) is 57.4. The Hall–Kier alpha value is -9.95. The maximum absolute atomic E-state index is 13.8. The van der Waals surface area contributed by atoms with Crippen LogP contribution in [0.1, 0.15) is 137 Å². The molecule has 4 aliphatic rings. The molecule has 5 unspecified atom stereocenters.